The summed E-state index contributed by atoms with van der Waals surface area (Å²) in [7, 11) is 0. The van der Waals surface area contributed by atoms with Crippen molar-refractivity contribution in [3.05, 3.63) is 48.2 Å². The lowest BCUT2D eigenvalue weighted by Crippen LogP contribution is -2.17. The molecule has 124 valence electrons. The van der Waals surface area contributed by atoms with Gasteiger partial charge in [0.05, 0.1) is 6.20 Å². The Morgan fingerprint density at radius 1 is 1.09 bits per heavy atom. The number of anilines is 1. The maximum Gasteiger partial charge on any atom is 0.573 e. The first-order valence-corrected chi connectivity index (χ1v) is 6.32. The highest BCUT2D eigenvalue weighted by molar-refractivity contribution is 5.41. The first-order valence-electron chi connectivity index (χ1n) is 6.32. The number of nitrogens with zero attached hydrogens (tertiary/aromatic N) is 1. The molecule has 0 amide bonds. The number of nitrogens with one attached hydrogen (secondary N) is 1. The molecule has 1 N–H and O–H groups in total. The second kappa shape index (κ2) is 7.12. The van der Waals surface area contributed by atoms with E-state index in [1.165, 1.54) is 12.1 Å². The molecule has 2 aromatic rings. The molecule has 0 radical (unpaired) electrons. The van der Waals surface area contributed by atoms with E-state index in [0.717, 1.165) is 12.3 Å². The van der Waals surface area contributed by atoms with Crippen LogP contribution >= 0.6 is 0 Å². The summed E-state index contributed by atoms with van der Waals surface area (Å²) in [6.45, 7) is -2.84. The van der Waals surface area contributed by atoms with Crippen LogP contribution < -0.4 is 14.8 Å². The molecule has 0 spiro atoms. The number of benzene rings is 1. The fourth-order valence-corrected chi connectivity index (χ4v) is 1.73. The molecular weight excluding hydrogens is 323 g/mol. The molecule has 1 aromatic heterocycles. The van der Waals surface area contributed by atoms with Gasteiger partial charge in [-0.2, -0.15) is 8.78 Å². The van der Waals surface area contributed by atoms with Gasteiger partial charge in [-0.1, -0.05) is 18.2 Å². The van der Waals surface area contributed by atoms with Crippen LogP contribution in [0.4, 0.5) is 27.8 Å². The predicted molar refractivity (Wildman–Crippen MR) is 71.3 cm³/mol. The SMILES string of the molecule is FC(F)Oc1ccccc1CNc1ccc(OC(F)(F)F)cn1. The van der Waals surface area contributed by atoms with Gasteiger partial charge < -0.3 is 14.8 Å². The van der Waals surface area contributed by atoms with Gasteiger partial charge in [-0.3, -0.25) is 0 Å². The molecule has 23 heavy (non-hydrogen) atoms. The zero-order valence-corrected chi connectivity index (χ0v) is 11.5. The average Bonchev–Trinajstić information content (AvgIpc) is 2.46. The van der Waals surface area contributed by atoms with Crippen LogP contribution in [-0.4, -0.2) is 18.0 Å². The number of para-hydroxylation sites is 1. The van der Waals surface area contributed by atoms with Crippen LogP contribution in [0.25, 0.3) is 0 Å². The largest absolute Gasteiger partial charge is 0.573 e. The van der Waals surface area contributed by atoms with Crippen LogP contribution in [0, 0.1) is 0 Å². The van der Waals surface area contributed by atoms with Gasteiger partial charge in [0.15, 0.2) is 0 Å². The third kappa shape index (κ3) is 5.61. The van der Waals surface area contributed by atoms with E-state index >= 15 is 0 Å². The fraction of sp³-hybridized carbons (Fsp3) is 0.214. The minimum Gasteiger partial charge on any atom is -0.434 e. The Bertz CT molecular complexity index is 632. The van der Waals surface area contributed by atoms with Gasteiger partial charge in [0.25, 0.3) is 0 Å². The van der Waals surface area contributed by atoms with Gasteiger partial charge in [0.1, 0.15) is 17.3 Å². The van der Waals surface area contributed by atoms with Crippen molar-refractivity contribution in [3.8, 4) is 11.5 Å². The minimum absolute atomic E-state index is 0.00650. The van der Waals surface area contributed by atoms with Gasteiger partial charge in [-0.15, -0.1) is 13.2 Å². The van der Waals surface area contributed by atoms with Gasteiger partial charge in [0.2, 0.25) is 0 Å². The molecule has 0 saturated carbocycles. The topological polar surface area (TPSA) is 43.4 Å². The molecule has 0 aliphatic rings. The van der Waals surface area contributed by atoms with Gasteiger partial charge in [0, 0.05) is 12.1 Å². The van der Waals surface area contributed by atoms with Crippen LogP contribution in [0.3, 0.4) is 0 Å². The second-order valence-corrected chi connectivity index (χ2v) is 4.27. The minimum atomic E-state index is -4.79. The smallest absolute Gasteiger partial charge is 0.434 e. The lowest BCUT2D eigenvalue weighted by Gasteiger charge is -2.12. The summed E-state index contributed by atoms with van der Waals surface area (Å²) in [5.41, 5.74) is 0.449. The fourth-order valence-electron chi connectivity index (χ4n) is 1.73. The monoisotopic (exact) mass is 334 g/mol. The predicted octanol–water partition coefficient (Wildman–Crippen LogP) is 4.19. The molecule has 0 aliphatic heterocycles. The Morgan fingerprint density at radius 3 is 2.43 bits per heavy atom. The Labute approximate surface area is 127 Å². The van der Waals surface area contributed by atoms with Crippen LogP contribution in [0.1, 0.15) is 5.56 Å². The molecule has 1 heterocycles. The number of ether oxygens (including phenoxy) is 2. The van der Waals surface area contributed by atoms with Gasteiger partial charge in [-0.05, 0) is 18.2 Å². The Balaban J connectivity index is 1.99. The summed E-state index contributed by atoms with van der Waals surface area (Å²) < 4.78 is 68.7. The molecular formula is C14H11F5N2O2. The van der Waals surface area contributed by atoms with E-state index < -0.39 is 18.7 Å². The molecule has 9 heteroatoms. The molecule has 0 atom stereocenters. The molecule has 2 rings (SSSR count). The molecule has 0 fully saturated rings. The number of alkyl halides is 5. The van der Waals surface area contributed by atoms with Crippen LogP contribution in [0.15, 0.2) is 42.6 Å². The van der Waals surface area contributed by atoms with E-state index in [4.69, 9.17) is 0 Å². The summed E-state index contributed by atoms with van der Waals surface area (Å²) in [6.07, 6.45) is -3.89. The van der Waals surface area contributed by atoms with Crippen molar-refractivity contribution in [2.24, 2.45) is 0 Å². The van der Waals surface area contributed by atoms with Crippen molar-refractivity contribution in [2.75, 3.05) is 5.32 Å². The maximum absolute atomic E-state index is 12.3. The number of rotatable bonds is 6. The normalized spacial score (nSPS) is 11.4. The quantitative estimate of drug-likeness (QED) is 0.805. The third-order valence-electron chi connectivity index (χ3n) is 2.62. The van der Waals surface area contributed by atoms with Crippen LogP contribution in [-0.2, 0) is 6.54 Å². The van der Waals surface area contributed by atoms with Crippen molar-refractivity contribution < 1.29 is 31.4 Å². The van der Waals surface area contributed by atoms with Crippen molar-refractivity contribution in [3.63, 3.8) is 0 Å². The van der Waals surface area contributed by atoms with E-state index in [1.54, 1.807) is 18.2 Å². The summed E-state index contributed by atoms with van der Waals surface area (Å²) in [4.78, 5) is 3.74. The van der Waals surface area contributed by atoms with Crippen molar-refractivity contribution in [1.82, 2.24) is 4.98 Å². The summed E-state index contributed by atoms with van der Waals surface area (Å²) >= 11 is 0. The van der Waals surface area contributed by atoms with E-state index in [1.807, 2.05) is 0 Å². The number of aromatic nitrogens is 1. The molecule has 0 bridgehead atoms. The summed E-state index contributed by atoms with van der Waals surface area (Å²) in [5, 5.41) is 2.79. The van der Waals surface area contributed by atoms with E-state index in [0.29, 0.717) is 5.56 Å². The zero-order chi connectivity index (χ0) is 16.9. The third-order valence-corrected chi connectivity index (χ3v) is 2.62. The molecule has 0 aliphatic carbocycles. The van der Waals surface area contributed by atoms with Crippen LogP contribution in [0.5, 0.6) is 11.5 Å². The summed E-state index contributed by atoms with van der Waals surface area (Å²) in [6, 6.07) is 8.51. The number of hydrogen-bond donors (Lipinski definition) is 1. The standard InChI is InChI=1S/C14H11F5N2O2/c15-13(16)22-11-4-2-1-3-9(11)7-20-12-6-5-10(8-21-12)23-14(17,18)19/h1-6,8,13H,7H2,(H,20,21). The first-order chi connectivity index (χ1) is 10.8. The van der Waals surface area contributed by atoms with E-state index in [9.17, 15) is 22.0 Å². The highest BCUT2D eigenvalue weighted by Crippen LogP contribution is 2.24. The Kier molecular flexibility index (Phi) is 5.20. The highest BCUT2D eigenvalue weighted by Gasteiger charge is 2.31. The average molecular weight is 334 g/mol. The number of hydrogen-bond acceptors (Lipinski definition) is 4. The molecule has 0 saturated heterocycles. The van der Waals surface area contributed by atoms with Crippen LogP contribution in [0.2, 0.25) is 0 Å². The molecule has 0 unspecified atom stereocenters. The molecule has 1 aromatic carbocycles. The van der Waals surface area contributed by atoms with E-state index in [-0.39, 0.29) is 18.1 Å². The van der Waals surface area contributed by atoms with Crippen molar-refractivity contribution in [1.29, 1.82) is 0 Å². The second-order valence-electron chi connectivity index (χ2n) is 4.27. The van der Waals surface area contributed by atoms with Crippen molar-refractivity contribution >= 4 is 5.82 Å². The van der Waals surface area contributed by atoms with Crippen molar-refractivity contribution in [2.45, 2.75) is 19.5 Å². The lowest BCUT2D eigenvalue weighted by molar-refractivity contribution is -0.274. The first kappa shape index (κ1) is 16.8. The lowest BCUT2D eigenvalue weighted by atomic mass is 10.2. The highest BCUT2D eigenvalue weighted by atomic mass is 19.4. The Morgan fingerprint density at radius 2 is 1.83 bits per heavy atom. The maximum atomic E-state index is 12.3. The zero-order valence-electron chi connectivity index (χ0n) is 11.5. The molecule has 4 nitrogen and oxygen atoms in total. The number of pyridine rings is 1. The number of halogens is 5. The summed E-state index contributed by atoms with van der Waals surface area (Å²) in [5.74, 6) is -0.192. The Hall–Kier alpha value is -2.58. The van der Waals surface area contributed by atoms with Gasteiger partial charge >= 0.3 is 13.0 Å². The van der Waals surface area contributed by atoms with Gasteiger partial charge in [-0.25, -0.2) is 4.98 Å². The van der Waals surface area contributed by atoms with E-state index in [2.05, 4.69) is 19.8 Å².